The molecule has 3 unspecified atom stereocenters. The molecule has 0 bridgehead atoms. The molecule has 0 radical (unpaired) electrons. The van der Waals surface area contributed by atoms with Gasteiger partial charge in [0.1, 0.15) is 17.5 Å². The van der Waals surface area contributed by atoms with E-state index in [1.807, 2.05) is 54.6 Å². The Hall–Kier alpha value is -4.37. The molecule has 1 aliphatic heterocycles. The van der Waals surface area contributed by atoms with E-state index in [0.717, 1.165) is 16.8 Å². The van der Waals surface area contributed by atoms with E-state index in [4.69, 9.17) is 9.47 Å². The molecule has 1 aliphatic rings. The molecule has 9 nitrogen and oxygen atoms in total. The normalized spacial score (nSPS) is 17.6. The van der Waals surface area contributed by atoms with Crippen molar-refractivity contribution >= 4 is 23.4 Å². The summed E-state index contributed by atoms with van der Waals surface area (Å²) < 4.78 is 10.6. The van der Waals surface area contributed by atoms with Crippen LogP contribution in [0.1, 0.15) is 29.7 Å². The van der Waals surface area contributed by atoms with Gasteiger partial charge in [-0.2, -0.15) is 0 Å². The molecule has 4 rings (SSSR count). The number of likely N-dealkylation sites (N-methyl/N-ethyl adjacent to an activating group) is 1. The van der Waals surface area contributed by atoms with Gasteiger partial charge in [0.25, 0.3) is 5.91 Å². The third-order valence-electron chi connectivity index (χ3n) is 6.55. The fourth-order valence-electron chi connectivity index (χ4n) is 4.52. The van der Waals surface area contributed by atoms with Crippen LogP contribution in [0.5, 0.6) is 11.5 Å². The molecule has 3 amide bonds. The standard InChI is InChI=1S/C29H32N4O5/c1-18(30-25(34)17-20-16-21(37-3)14-15-24(20)38-4)28(35)32-27-29(36)33(2)23-13-9-8-12-22(23)26(31-27)19-10-6-5-7-11-19/h5-16,18,26-27,31H,17H2,1-4H3,(H,30,34)(H,32,35). The Kier molecular flexibility index (Phi) is 8.28. The zero-order valence-electron chi connectivity index (χ0n) is 21.9. The monoisotopic (exact) mass is 516 g/mol. The van der Waals surface area contributed by atoms with Crippen LogP contribution in [0.15, 0.2) is 72.8 Å². The summed E-state index contributed by atoms with van der Waals surface area (Å²) in [5.74, 6) is -0.0424. The van der Waals surface area contributed by atoms with Gasteiger partial charge in [-0.3, -0.25) is 19.7 Å². The molecule has 3 aromatic rings. The van der Waals surface area contributed by atoms with Crippen molar-refractivity contribution < 1.29 is 23.9 Å². The van der Waals surface area contributed by atoms with Gasteiger partial charge in [0.05, 0.1) is 26.7 Å². The molecule has 0 aromatic heterocycles. The lowest BCUT2D eigenvalue weighted by Gasteiger charge is -2.25. The number of methoxy groups -OCH3 is 2. The van der Waals surface area contributed by atoms with Crippen molar-refractivity contribution in [2.45, 2.75) is 31.6 Å². The Labute approximate surface area is 222 Å². The number of rotatable bonds is 8. The first-order valence-corrected chi connectivity index (χ1v) is 12.3. The van der Waals surface area contributed by atoms with Gasteiger partial charge in [0, 0.05) is 18.3 Å². The third kappa shape index (κ3) is 5.78. The Bertz CT molecular complexity index is 1310. The molecule has 0 spiro atoms. The van der Waals surface area contributed by atoms with E-state index in [9.17, 15) is 14.4 Å². The minimum atomic E-state index is -1.01. The summed E-state index contributed by atoms with van der Waals surface area (Å²) in [7, 11) is 4.75. The fraction of sp³-hybridized carbons (Fsp3) is 0.276. The number of fused-ring (bicyclic) bond motifs is 1. The largest absolute Gasteiger partial charge is 0.497 e. The lowest BCUT2D eigenvalue weighted by Crippen LogP contribution is -2.58. The highest BCUT2D eigenvalue weighted by molar-refractivity contribution is 6.01. The van der Waals surface area contributed by atoms with E-state index < -0.39 is 18.1 Å². The van der Waals surface area contributed by atoms with Gasteiger partial charge in [-0.05, 0) is 42.3 Å². The first-order chi connectivity index (χ1) is 18.3. The highest BCUT2D eigenvalue weighted by atomic mass is 16.5. The Balaban J connectivity index is 1.48. The molecule has 3 atom stereocenters. The SMILES string of the molecule is COc1ccc(OC)c(CC(=O)NC(C)C(=O)NC2NC(c3ccccc3)c3ccccc3N(C)C2=O)c1. The van der Waals surface area contributed by atoms with Crippen LogP contribution in [0, 0.1) is 0 Å². The summed E-state index contributed by atoms with van der Waals surface area (Å²) in [6.45, 7) is 1.57. The average molecular weight is 517 g/mol. The van der Waals surface area contributed by atoms with Gasteiger partial charge in [0.2, 0.25) is 11.8 Å². The maximum absolute atomic E-state index is 13.4. The average Bonchev–Trinajstić information content (AvgIpc) is 3.04. The second-order valence-corrected chi connectivity index (χ2v) is 9.05. The maximum atomic E-state index is 13.4. The number of nitrogens with one attached hydrogen (secondary N) is 3. The number of nitrogens with zero attached hydrogens (tertiary/aromatic N) is 1. The number of para-hydroxylation sites is 1. The van der Waals surface area contributed by atoms with Gasteiger partial charge < -0.3 is 25.0 Å². The van der Waals surface area contributed by atoms with Crippen LogP contribution in [-0.2, 0) is 20.8 Å². The first-order valence-electron chi connectivity index (χ1n) is 12.3. The molecule has 0 saturated carbocycles. The lowest BCUT2D eigenvalue weighted by molar-refractivity contribution is -0.131. The molecule has 0 fully saturated rings. The van der Waals surface area contributed by atoms with E-state index >= 15 is 0 Å². The van der Waals surface area contributed by atoms with Crippen LogP contribution in [0.3, 0.4) is 0 Å². The molecule has 3 aromatic carbocycles. The van der Waals surface area contributed by atoms with Crippen molar-refractivity contribution in [3.05, 3.63) is 89.5 Å². The van der Waals surface area contributed by atoms with E-state index in [1.165, 1.54) is 12.0 Å². The van der Waals surface area contributed by atoms with Gasteiger partial charge in [-0.25, -0.2) is 0 Å². The van der Waals surface area contributed by atoms with E-state index in [0.29, 0.717) is 17.1 Å². The van der Waals surface area contributed by atoms with Gasteiger partial charge in [0.15, 0.2) is 6.17 Å². The maximum Gasteiger partial charge on any atom is 0.264 e. The quantitative estimate of drug-likeness (QED) is 0.425. The summed E-state index contributed by atoms with van der Waals surface area (Å²) in [6, 6.07) is 21.3. The smallest absolute Gasteiger partial charge is 0.264 e. The molecule has 198 valence electrons. The highest BCUT2D eigenvalue weighted by Gasteiger charge is 2.35. The Morgan fingerprint density at radius 2 is 1.71 bits per heavy atom. The Morgan fingerprint density at radius 1 is 1.00 bits per heavy atom. The van der Waals surface area contributed by atoms with Crippen LogP contribution < -0.4 is 30.3 Å². The number of anilines is 1. The molecular weight excluding hydrogens is 484 g/mol. The molecule has 0 saturated heterocycles. The van der Waals surface area contributed by atoms with Crippen LogP contribution >= 0.6 is 0 Å². The van der Waals surface area contributed by atoms with Crippen molar-refractivity contribution in [3.63, 3.8) is 0 Å². The summed E-state index contributed by atoms with van der Waals surface area (Å²) >= 11 is 0. The predicted molar refractivity (Wildman–Crippen MR) is 144 cm³/mol. The van der Waals surface area contributed by atoms with Crippen molar-refractivity contribution in [3.8, 4) is 11.5 Å². The number of ether oxygens (including phenoxy) is 2. The molecule has 3 N–H and O–H groups in total. The highest BCUT2D eigenvalue weighted by Crippen LogP contribution is 2.33. The first kappa shape index (κ1) is 26.7. The molecule has 9 heteroatoms. The van der Waals surface area contributed by atoms with Crippen LogP contribution in [-0.4, -0.2) is 51.2 Å². The van der Waals surface area contributed by atoms with Crippen LogP contribution in [0.2, 0.25) is 0 Å². The molecule has 0 aliphatic carbocycles. The number of benzene rings is 3. The Morgan fingerprint density at radius 3 is 2.42 bits per heavy atom. The zero-order chi connectivity index (χ0) is 27.2. The summed E-state index contributed by atoms with van der Waals surface area (Å²) in [4.78, 5) is 40.8. The second-order valence-electron chi connectivity index (χ2n) is 9.05. The summed E-state index contributed by atoms with van der Waals surface area (Å²) in [6.07, 6.45) is -1.02. The van der Waals surface area contributed by atoms with Crippen molar-refractivity contribution in [1.82, 2.24) is 16.0 Å². The zero-order valence-corrected chi connectivity index (χ0v) is 21.9. The van der Waals surface area contributed by atoms with Crippen molar-refractivity contribution in [2.75, 3.05) is 26.2 Å². The third-order valence-corrected chi connectivity index (χ3v) is 6.55. The number of carbonyl (C=O) groups excluding carboxylic acids is 3. The fourth-order valence-corrected chi connectivity index (χ4v) is 4.52. The summed E-state index contributed by atoms with van der Waals surface area (Å²) in [5.41, 5.74) is 3.25. The lowest BCUT2D eigenvalue weighted by atomic mass is 9.97. The minimum Gasteiger partial charge on any atom is -0.497 e. The number of amides is 3. The van der Waals surface area contributed by atoms with Crippen molar-refractivity contribution in [2.24, 2.45) is 0 Å². The van der Waals surface area contributed by atoms with Crippen molar-refractivity contribution in [1.29, 1.82) is 0 Å². The summed E-state index contributed by atoms with van der Waals surface area (Å²) in [5, 5.41) is 8.80. The van der Waals surface area contributed by atoms with E-state index in [2.05, 4.69) is 16.0 Å². The van der Waals surface area contributed by atoms with Crippen LogP contribution in [0.4, 0.5) is 5.69 Å². The number of hydrogen-bond donors (Lipinski definition) is 3. The topological polar surface area (TPSA) is 109 Å². The number of carbonyl (C=O) groups is 3. The molecular formula is C29H32N4O5. The van der Waals surface area contributed by atoms with Crippen LogP contribution in [0.25, 0.3) is 0 Å². The van der Waals surface area contributed by atoms with E-state index in [-0.39, 0.29) is 24.3 Å². The molecule has 38 heavy (non-hydrogen) atoms. The minimum absolute atomic E-state index is 0.00721. The predicted octanol–water partition coefficient (Wildman–Crippen LogP) is 2.55. The number of hydrogen-bond acceptors (Lipinski definition) is 6. The van der Waals surface area contributed by atoms with Gasteiger partial charge >= 0.3 is 0 Å². The molecule has 1 heterocycles. The van der Waals surface area contributed by atoms with Gasteiger partial charge in [-0.1, -0.05) is 48.5 Å². The van der Waals surface area contributed by atoms with Gasteiger partial charge in [-0.15, -0.1) is 0 Å². The second kappa shape index (κ2) is 11.8. The van der Waals surface area contributed by atoms with E-state index in [1.54, 1.807) is 39.3 Å².